The smallest absolute Gasteiger partial charge is 0.409 e. The lowest BCUT2D eigenvalue weighted by Gasteiger charge is -2.11. The third-order valence-electron chi connectivity index (χ3n) is 3.57. The maximum Gasteiger partial charge on any atom is 0.409 e. The Labute approximate surface area is 139 Å². The quantitative estimate of drug-likeness (QED) is 0.734. The second-order valence-corrected chi connectivity index (χ2v) is 7.64. The summed E-state index contributed by atoms with van der Waals surface area (Å²) in [7, 11) is -3.44. The van der Waals surface area contributed by atoms with E-state index in [0.717, 1.165) is 5.56 Å². The molecule has 1 fully saturated rings. The Bertz CT molecular complexity index is 804. The Morgan fingerprint density at radius 1 is 1.21 bits per heavy atom. The summed E-state index contributed by atoms with van der Waals surface area (Å²) in [5.41, 5.74) is 1.00. The lowest BCUT2D eigenvalue weighted by Crippen LogP contribution is -2.30. The number of benzene rings is 1. The third kappa shape index (κ3) is 4.31. The summed E-state index contributed by atoms with van der Waals surface area (Å²) in [6.07, 6.45) is -0.0250. The van der Waals surface area contributed by atoms with Crippen LogP contribution < -0.4 is 0 Å². The number of hydrogen-bond acceptors (Lipinski definition) is 7. The summed E-state index contributed by atoms with van der Waals surface area (Å²) in [4.78, 5) is 16.8. The molecule has 1 aromatic carbocycles. The zero-order chi connectivity index (χ0) is 17.0. The second kappa shape index (κ2) is 7.00. The van der Waals surface area contributed by atoms with Crippen molar-refractivity contribution in [3.8, 4) is 0 Å². The molecule has 0 aliphatic carbocycles. The first kappa shape index (κ1) is 16.4. The van der Waals surface area contributed by atoms with E-state index in [4.69, 9.17) is 9.26 Å². The van der Waals surface area contributed by atoms with Gasteiger partial charge in [0.15, 0.2) is 15.7 Å². The van der Waals surface area contributed by atoms with Gasteiger partial charge < -0.3 is 14.2 Å². The minimum absolute atomic E-state index is 0.107. The molecule has 128 valence electrons. The lowest BCUT2D eigenvalue weighted by atomic mass is 10.1. The van der Waals surface area contributed by atoms with Gasteiger partial charge in [0.05, 0.1) is 18.7 Å². The number of aromatic nitrogens is 2. The fourth-order valence-corrected chi connectivity index (χ4v) is 3.49. The van der Waals surface area contributed by atoms with Gasteiger partial charge in [-0.05, 0) is 5.56 Å². The molecular weight excluding hydrogens is 334 g/mol. The Morgan fingerprint density at radius 3 is 2.71 bits per heavy atom. The Balaban J connectivity index is 1.56. The minimum atomic E-state index is -3.44. The van der Waals surface area contributed by atoms with Crippen molar-refractivity contribution in [3.05, 3.63) is 47.6 Å². The van der Waals surface area contributed by atoms with Crippen molar-refractivity contribution >= 4 is 15.9 Å². The van der Waals surface area contributed by atoms with Crippen molar-refractivity contribution in [2.75, 3.05) is 25.4 Å². The van der Waals surface area contributed by atoms with E-state index in [1.807, 2.05) is 30.3 Å². The first-order valence-corrected chi connectivity index (χ1v) is 9.31. The highest BCUT2D eigenvalue weighted by Crippen LogP contribution is 2.10. The van der Waals surface area contributed by atoms with Crippen LogP contribution in [-0.4, -0.2) is 55.0 Å². The van der Waals surface area contributed by atoms with Crippen molar-refractivity contribution in [1.29, 1.82) is 0 Å². The number of rotatable bonds is 7. The average Bonchev–Trinajstić information content (AvgIpc) is 3.15. The van der Waals surface area contributed by atoms with Gasteiger partial charge in [-0.1, -0.05) is 35.5 Å². The molecule has 24 heavy (non-hydrogen) atoms. The van der Waals surface area contributed by atoms with E-state index in [0.29, 0.717) is 25.5 Å². The molecular formula is C15H17N3O5S. The fourth-order valence-electron chi connectivity index (χ4n) is 2.34. The molecule has 1 amide bonds. The molecule has 1 aliphatic rings. The number of carbonyl (C=O) groups excluding carboxylic acids is 1. The van der Waals surface area contributed by atoms with E-state index in [2.05, 4.69) is 10.1 Å². The predicted molar refractivity (Wildman–Crippen MR) is 84.0 cm³/mol. The highest BCUT2D eigenvalue weighted by atomic mass is 32.2. The summed E-state index contributed by atoms with van der Waals surface area (Å²) in [5, 5.41) is 3.72. The van der Waals surface area contributed by atoms with Gasteiger partial charge >= 0.3 is 6.09 Å². The summed E-state index contributed by atoms with van der Waals surface area (Å²) >= 11 is 0. The summed E-state index contributed by atoms with van der Waals surface area (Å²) in [6.45, 7) is 0.820. The van der Waals surface area contributed by atoms with Crippen molar-refractivity contribution in [3.63, 3.8) is 0 Å². The van der Waals surface area contributed by atoms with Gasteiger partial charge in [-0.25, -0.2) is 13.2 Å². The van der Waals surface area contributed by atoms with E-state index in [1.165, 1.54) is 4.90 Å². The van der Waals surface area contributed by atoms with Gasteiger partial charge in [-0.15, -0.1) is 0 Å². The molecule has 1 aromatic heterocycles. The van der Waals surface area contributed by atoms with Crippen molar-refractivity contribution in [1.82, 2.24) is 15.0 Å². The molecule has 0 saturated carbocycles. The Kier molecular flexibility index (Phi) is 4.79. The largest absolute Gasteiger partial charge is 0.448 e. The number of carbonyl (C=O) groups is 1. The van der Waals surface area contributed by atoms with Gasteiger partial charge in [-0.2, -0.15) is 4.98 Å². The van der Waals surface area contributed by atoms with Crippen molar-refractivity contribution in [2.45, 2.75) is 12.2 Å². The lowest BCUT2D eigenvalue weighted by molar-refractivity contribution is 0.160. The van der Waals surface area contributed by atoms with Crippen molar-refractivity contribution in [2.24, 2.45) is 0 Å². The van der Waals surface area contributed by atoms with E-state index in [9.17, 15) is 13.2 Å². The average molecular weight is 351 g/mol. The maximum atomic E-state index is 12.1. The van der Waals surface area contributed by atoms with Crippen LogP contribution in [0.15, 0.2) is 34.9 Å². The van der Waals surface area contributed by atoms with Crippen LogP contribution in [0, 0.1) is 0 Å². The molecule has 0 radical (unpaired) electrons. The second-order valence-electron chi connectivity index (χ2n) is 5.46. The zero-order valence-electron chi connectivity index (χ0n) is 12.9. The van der Waals surface area contributed by atoms with Gasteiger partial charge in [0.2, 0.25) is 5.89 Å². The molecule has 2 aromatic rings. The fraction of sp³-hybridized carbons (Fsp3) is 0.400. The zero-order valence-corrected chi connectivity index (χ0v) is 13.7. The first-order valence-electron chi connectivity index (χ1n) is 7.49. The SMILES string of the molecule is O=C1OCCN1CCS(=O)(=O)Cc1noc(Cc2ccccc2)n1. The van der Waals surface area contributed by atoms with Gasteiger partial charge in [0.25, 0.3) is 0 Å². The molecule has 0 unspecified atom stereocenters. The number of hydrogen-bond donors (Lipinski definition) is 0. The highest BCUT2D eigenvalue weighted by molar-refractivity contribution is 7.90. The van der Waals surface area contributed by atoms with Crippen LogP contribution in [0.2, 0.25) is 0 Å². The number of amides is 1. The highest BCUT2D eigenvalue weighted by Gasteiger charge is 2.25. The molecule has 1 saturated heterocycles. The standard InChI is InChI=1S/C15H17N3O5S/c19-15-18(6-8-22-15)7-9-24(20,21)11-13-16-14(23-17-13)10-12-4-2-1-3-5-12/h1-5H,6-11H2. The van der Waals surface area contributed by atoms with E-state index >= 15 is 0 Å². The van der Waals surface area contributed by atoms with Gasteiger partial charge in [-0.3, -0.25) is 0 Å². The topological polar surface area (TPSA) is 103 Å². The molecule has 0 bridgehead atoms. The number of ether oxygens (including phenoxy) is 1. The third-order valence-corrected chi connectivity index (χ3v) is 5.08. The number of nitrogens with zero attached hydrogens (tertiary/aromatic N) is 3. The summed E-state index contributed by atoms with van der Waals surface area (Å²) < 4.78 is 34.1. The molecule has 1 aliphatic heterocycles. The van der Waals surface area contributed by atoms with Crippen LogP contribution >= 0.6 is 0 Å². The van der Waals surface area contributed by atoms with Crippen LogP contribution in [0.5, 0.6) is 0 Å². The van der Waals surface area contributed by atoms with E-state index < -0.39 is 15.9 Å². The molecule has 0 spiro atoms. The van der Waals surface area contributed by atoms with Crippen LogP contribution in [0.1, 0.15) is 17.3 Å². The van der Waals surface area contributed by atoms with Crippen LogP contribution in [0.3, 0.4) is 0 Å². The van der Waals surface area contributed by atoms with Gasteiger partial charge in [0, 0.05) is 6.54 Å². The normalized spacial score (nSPS) is 14.8. The number of sulfone groups is 1. The van der Waals surface area contributed by atoms with Crippen LogP contribution in [0.4, 0.5) is 4.79 Å². The summed E-state index contributed by atoms with van der Waals surface area (Å²) in [6, 6.07) is 9.57. The first-order chi connectivity index (χ1) is 11.5. The van der Waals surface area contributed by atoms with Crippen LogP contribution in [-0.2, 0) is 26.7 Å². The number of cyclic esters (lactones) is 1. The predicted octanol–water partition coefficient (Wildman–Crippen LogP) is 1.03. The molecule has 2 heterocycles. The van der Waals surface area contributed by atoms with E-state index in [-0.39, 0.29) is 23.9 Å². The Morgan fingerprint density at radius 2 is 2.00 bits per heavy atom. The van der Waals surface area contributed by atoms with Gasteiger partial charge in [0.1, 0.15) is 12.4 Å². The van der Waals surface area contributed by atoms with Crippen LogP contribution in [0.25, 0.3) is 0 Å². The molecule has 3 rings (SSSR count). The Hall–Kier alpha value is -2.42. The van der Waals surface area contributed by atoms with Crippen molar-refractivity contribution < 1.29 is 22.5 Å². The van der Waals surface area contributed by atoms with E-state index in [1.54, 1.807) is 0 Å². The molecule has 9 heteroatoms. The molecule has 8 nitrogen and oxygen atoms in total. The monoisotopic (exact) mass is 351 g/mol. The minimum Gasteiger partial charge on any atom is -0.448 e. The molecule has 0 N–H and O–H groups in total. The molecule has 0 atom stereocenters. The maximum absolute atomic E-state index is 12.1. The summed E-state index contributed by atoms with van der Waals surface area (Å²) in [5.74, 6) is 0.0261.